The van der Waals surface area contributed by atoms with Crippen molar-refractivity contribution < 1.29 is 13.6 Å². The smallest absolute Gasteiger partial charge is 0.223 e. The molecule has 0 aliphatic carbocycles. The molecule has 0 N–H and O–H groups in total. The molecule has 2 nitrogen and oxygen atoms in total. The van der Waals surface area contributed by atoms with Crippen molar-refractivity contribution in [2.75, 3.05) is 7.05 Å². The van der Waals surface area contributed by atoms with Crippen molar-refractivity contribution >= 4 is 5.91 Å². The summed E-state index contributed by atoms with van der Waals surface area (Å²) in [4.78, 5) is 13.7. The Labute approximate surface area is 129 Å². The van der Waals surface area contributed by atoms with Gasteiger partial charge in [0, 0.05) is 19.0 Å². The first-order chi connectivity index (χ1) is 10.5. The molecule has 1 amide bonds. The summed E-state index contributed by atoms with van der Waals surface area (Å²) < 4.78 is 27.1. The van der Waals surface area contributed by atoms with Crippen molar-refractivity contribution in [1.82, 2.24) is 4.90 Å². The Morgan fingerprint density at radius 3 is 2.50 bits per heavy atom. The van der Waals surface area contributed by atoms with Crippen LogP contribution >= 0.6 is 0 Å². The summed E-state index contributed by atoms with van der Waals surface area (Å²) in [5, 5.41) is 0. The largest absolute Gasteiger partial charge is 0.339 e. The summed E-state index contributed by atoms with van der Waals surface area (Å²) in [6, 6.07) is 12.5. The van der Waals surface area contributed by atoms with Crippen molar-refractivity contribution in [3.8, 4) is 0 Å². The predicted octanol–water partition coefficient (Wildman–Crippen LogP) is 4.12. The Morgan fingerprint density at radius 1 is 1.14 bits per heavy atom. The molecule has 0 bridgehead atoms. The van der Waals surface area contributed by atoms with Crippen molar-refractivity contribution in [1.29, 1.82) is 0 Å². The van der Waals surface area contributed by atoms with Gasteiger partial charge in [-0.15, -0.1) is 0 Å². The molecule has 22 heavy (non-hydrogen) atoms. The third-order valence-electron chi connectivity index (χ3n) is 3.85. The van der Waals surface area contributed by atoms with E-state index in [1.54, 1.807) is 14.0 Å². The minimum Gasteiger partial charge on any atom is -0.339 e. The van der Waals surface area contributed by atoms with Gasteiger partial charge in [-0.1, -0.05) is 30.3 Å². The van der Waals surface area contributed by atoms with Crippen LogP contribution in [0.2, 0.25) is 0 Å². The Kier molecular flexibility index (Phi) is 5.26. The second kappa shape index (κ2) is 7.16. The lowest BCUT2D eigenvalue weighted by Gasteiger charge is -2.26. The third kappa shape index (κ3) is 3.91. The predicted molar refractivity (Wildman–Crippen MR) is 82.3 cm³/mol. The zero-order valence-electron chi connectivity index (χ0n) is 12.7. The van der Waals surface area contributed by atoms with Gasteiger partial charge in [-0.25, -0.2) is 8.78 Å². The van der Waals surface area contributed by atoms with Crippen LogP contribution in [0.25, 0.3) is 0 Å². The molecular formula is C18H19F2NO. The molecule has 1 unspecified atom stereocenters. The Balaban J connectivity index is 2.02. The van der Waals surface area contributed by atoms with Crippen molar-refractivity contribution in [2.24, 2.45) is 0 Å². The SMILES string of the molecule is CC(c1cc(F)ccc1F)N(C)C(=O)CCc1ccccc1. The third-order valence-corrected chi connectivity index (χ3v) is 3.85. The number of halogens is 2. The number of nitrogens with zero attached hydrogens (tertiary/aromatic N) is 1. The highest BCUT2D eigenvalue weighted by atomic mass is 19.1. The number of rotatable bonds is 5. The van der Waals surface area contributed by atoms with Gasteiger partial charge in [0.05, 0.1) is 6.04 Å². The maximum absolute atomic E-state index is 13.8. The van der Waals surface area contributed by atoms with E-state index in [0.717, 1.165) is 23.8 Å². The molecule has 0 aliphatic heterocycles. The molecule has 2 aromatic rings. The number of carbonyl (C=O) groups excluding carboxylic acids is 1. The molecule has 0 aliphatic rings. The Hall–Kier alpha value is -2.23. The summed E-state index contributed by atoms with van der Waals surface area (Å²) in [6.07, 6.45) is 0.962. The summed E-state index contributed by atoms with van der Waals surface area (Å²) >= 11 is 0. The van der Waals surface area contributed by atoms with Crippen molar-refractivity contribution in [2.45, 2.75) is 25.8 Å². The first-order valence-corrected chi connectivity index (χ1v) is 7.23. The lowest BCUT2D eigenvalue weighted by atomic mass is 10.0. The number of amides is 1. The van der Waals surface area contributed by atoms with Crippen LogP contribution in [-0.4, -0.2) is 17.9 Å². The second-order valence-corrected chi connectivity index (χ2v) is 5.33. The summed E-state index contributed by atoms with van der Waals surface area (Å²) in [6.45, 7) is 1.69. The fourth-order valence-electron chi connectivity index (χ4n) is 2.33. The topological polar surface area (TPSA) is 20.3 Å². The molecule has 0 fully saturated rings. The molecule has 0 aromatic heterocycles. The highest BCUT2D eigenvalue weighted by molar-refractivity contribution is 5.76. The summed E-state index contributed by atoms with van der Waals surface area (Å²) in [5.74, 6) is -1.11. The van der Waals surface area contributed by atoms with Gasteiger partial charge < -0.3 is 4.90 Å². The monoisotopic (exact) mass is 303 g/mol. The van der Waals surface area contributed by atoms with Gasteiger partial charge in [-0.3, -0.25) is 4.79 Å². The first-order valence-electron chi connectivity index (χ1n) is 7.23. The average Bonchev–Trinajstić information content (AvgIpc) is 2.54. The zero-order valence-corrected chi connectivity index (χ0v) is 12.7. The molecule has 4 heteroatoms. The number of benzene rings is 2. The van der Waals surface area contributed by atoms with Crippen molar-refractivity contribution in [3.05, 3.63) is 71.3 Å². The molecular weight excluding hydrogens is 284 g/mol. The first kappa shape index (κ1) is 16.1. The minimum absolute atomic E-state index is 0.0972. The van der Waals surface area contributed by atoms with E-state index >= 15 is 0 Å². The molecule has 2 aromatic carbocycles. The van der Waals surface area contributed by atoms with Gasteiger partial charge in [0.25, 0.3) is 0 Å². The van der Waals surface area contributed by atoms with Gasteiger partial charge in [-0.05, 0) is 37.1 Å². The van der Waals surface area contributed by atoms with E-state index in [1.807, 2.05) is 30.3 Å². The van der Waals surface area contributed by atoms with Crippen LogP contribution in [0.4, 0.5) is 8.78 Å². The fraction of sp³-hybridized carbons (Fsp3) is 0.278. The molecule has 0 saturated carbocycles. The number of hydrogen-bond acceptors (Lipinski definition) is 1. The molecule has 0 heterocycles. The molecule has 0 spiro atoms. The van der Waals surface area contributed by atoms with Crippen LogP contribution < -0.4 is 0 Å². The van der Waals surface area contributed by atoms with Gasteiger partial charge in [0.15, 0.2) is 0 Å². The summed E-state index contributed by atoms with van der Waals surface area (Å²) in [5.41, 5.74) is 1.27. The van der Waals surface area contributed by atoms with E-state index in [2.05, 4.69) is 0 Å². The standard InChI is InChI=1S/C18H19F2NO/c1-13(16-12-15(19)9-10-17(16)20)21(2)18(22)11-8-14-6-4-3-5-7-14/h3-7,9-10,12-13H,8,11H2,1-2H3. The maximum atomic E-state index is 13.8. The van der Waals surface area contributed by atoms with Crippen LogP contribution in [0.3, 0.4) is 0 Å². The van der Waals surface area contributed by atoms with Gasteiger partial charge in [0.1, 0.15) is 11.6 Å². The number of carbonyl (C=O) groups is 1. The average molecular weight is 303 g/mol. The van der Waals surface area contributed by atoms with E-state index in [-0.39, 0.29) is 11.5 Å². The Morgan fingerprint density at radius 2 is 1.82 bits per heavy atom. The van der Waals surface area contributed by atoms with Crippen LogP contribution in [-0.2, 0) is 11.2 Å². The highest BCUT2D eigenvalue weighted by Crippen LogP contribution is 2.23. The number of hydrogen-bond donors (Lipinski definition) is 0. The fourth-order valence-corrected chi connectivity index (χ4v) is 2.33. The lowest BCUT2D eigenvalue weighted by molar-refractivity contribution is -0.131. The van der Waals surface area contributed by atoms with Crippen molar-refractivity contribution in [3.63, 3.8) is 0 Å². The zero-order chi connectivity index (χ0) is 16.1. The summed E-state index contributed by atoms with van der Waals surface area (Å²) in [7, 11) is 1.61. The van der Waals surface area contributed by atoms with Gasteiger partial charge >= 0.3 is 0 Å². The van der Waals surface area contributed by atoms with Crippen LogP contribution in [0.15, 0.2) is 48.5 Å². The van der Waals surface area contributed by atoms with E-state index in [9.17, 15) is 13.6 Å². The normalized spacial score (nSPS) is 12.0. The Bertz CT molecular complexity index is 643. The van der Waals surface area contributed by atoms with Gasteiger partial charge in [0.2, 0.25) is 5.91 Å². The molecule has 1 atom stereocenters. The molecule has 0 radical (unpaired) electrons. The van der Waals surface area contributed by atoms with Crippen LogP contribution in [0, 0.1) is 11.6 Å². The minimum atomic E-state index is -0.515. The van der Waals surface area contributed by atoms with E-state index < -0.39 is 17.7 Å². The molecule has 2 rings (SSSR count). The van der Waals surface area contributed by atoms with Gasteiger partial charge in [-0.2, -0.15) is 0 Å². The van der Waals surface area contributed by atoms with E-state index in [4.69, 9.17) is 0 Å². The van der Waals surface area contributed by atoms with E-state index in [1.165, 1.54) is 4.90 Å². The second-order valence-electron chi connectivity index (χ2n) is 5.33. The van der Waals surface area contributed by atoms with E-state index in [0.29, 0.717) is 12.8 Å². The maximum Gasteiger partial charge on any atom is 0.223 e. The van der Waals surface area contributed by atoms with Crippen LogP contribution in [0.1, 0.15) is 30.5 Å². The lowest BCUT2D eigenvalue weighted by Crippen LogP contribution is -2.30. The molecule has 116 valence electrons. The van der Waals surface area contributed by atoms with Crippen LogP contribution in [0.5, 0.6) is 0 Å². The highest BCUT2D eigenvalue weighted by Gasteiger charge is 2.20. The molecule has 0 saturated heterocycles. The quantitative estimate of drug-likeness (QED) is 0.813. The number of aryl methyl sites for hydroxylation is 1.